The molecule has 0 rings (SSSR count). The maximum atomic E-state index is 10.4. The van der Waals surface area contributed by atoms with Crippen molar-refractivity contribution in [1.29, 1.82) is 0 Å². The summed E-state index contributed by atoms with van der Waals surface area (Å²) in [7, 11) is -4.72. The molecule has 0 amide bonds. The maximum Gasteiger partial charge on any atom is 0.324 e. The minimum absolute atomic E-state index is 0.628. The van der Waals surface area contributed by atoms with Crippen LogP contribution in [0.5, 0.6) is 0 Å². The van der Waals surface area contributed by atoms with Gasteiger partial charge in [0, 0.05) is 6.42 Å². The zero-order valence-electron chi connectivity index (χ0n) is 6.37. The van der Waals surface area contributed by atoms with Gasteiger partial charge in [-0.1, -0.05) is 0 Å². The molecule has 13 heavy (non-hydrogen) atoms. The van der Waals surface area contributed by atoms with Crippen LogP contribution in [0.15, 0.2) is 0 Å². The first-order chi connectivity index (χ1) is 5.75. The van der Waals surface area contributed by atoms with E-state index in [1.165, 1.54) is 0 Å². The summed E-state index contributed by atoms with van der Waals surface area (Å²) in [5.41, 5.74) is 0. The van der Waals surface area contributed by atoms with Gasteiger partial charge in [-0.25, -0.2) is 0 Å². The van der Waals surface area contributed by atoms with E-state index < -0.39 is 40.1 Å². The number of hydrogen-bond acceptors (Lipinski definition) is 4. The molecule has 0 fully saturated rings. The Morgan fingerprint density at radius 3 is 1.92 bits per heavy atom. The molecule has 0 radical (unpaired) electrons. The quantitative estimate of drug-likeness (QED) is 0.508. The summed E-state index contributed by atoms with van der Waals surface area (Å²) in [5, 5.41) is 14.4. The van der Waals surface area contributed by atoms with Crippen LogP contribution in [-0.2, 0) is 19.7 Å². The molecule has 0 aliphatic carbocycles. The minimum Gasteiger partial charge on any atom is -0.481 e. The highest BCUT2D eigenvalue weighted by molar-refractivity contribution is 7.87. The zero-order chi connectivity index (χ0) is 10.6. The summed E-state index contributed by atoms with van der Waals surface area (Å²) in [4.78, 5) is 20.2. The summed E-state index contributed by atoms with van der Waals surface area (Å²) in [6, 6.07) is 0. The van der Waals surface area contributed by atoms with Crippen LogP contribution < -0.4 is 0 Å². The van der Waals surface area contributed by atoms with Crippen molar-refractivity contribution in [3.63, 3.8) is 0 Å². The largest absolute Gasteiger partial charge is 0.481 e. The minimum atomic E-state index is -4.72. The molecule has 0 aliphatic heterocycles. The topological polar surface area (TPSA) is 129 Å². The molecule has 1 atom stereocenters. The highest BCUT2D eigenvalue weighted by Gasteiger charge is 2.30. The van der Waals surface area contributed by atoms with Crippen molar-refractivity contribution in [2.24, 2.45) is 0 Å². The van der Waals surface area contributed by atoms with E-state index in [0.717, 1.165) is 0 Å². The third-order valence-corrected chi connectivity index (χ3v) is 2.41. The SMILES string of the molecule is O=C(O)CCC(C(=O)O)S(=O)(=O)O. The summed E-state index contributed by atoms with van der Waals surface area (Å²) >= 11 is 0. The Bertz CT molecular complexity index is 303. The molecule has 7 nitrogen and oxygen atoms in total. The van der Waals surface area contributed by atoms with Crippen molar-refractivity contribution in [2.75, 3.05) is 0 Å². The second-order valence-electron chi connectivity index (χ2n) is 2.27. The first-order valence-electron chi connectivity index (χ1n) is 3.16. The van der Waals surface area contributed by atoms with Crippen LogP contribution in [0.25, 0.3) is 0 Å². The van der Waals surface area contributed by atoms with Gasteiger partial charge in [0.1, 0.15) is 0 Å². The van der Waals surface area contributed by atoms with Crippen molar-refractivity contribution in [1.82, 2.24) is 0 Å². The second-order valence-corrected chi connectivity index (χ2v) is 3.87. The van der Waals surface area contributed by atoms with Gasteiger partial charge in [0.15, 0.2) is 5.25 Å². The van der Waals surface area contributed by atoms with E-state index in [1.807, 2.05) is 0 Å². The number of hydrogen-bond donors (Lipinski definition) is 3. The fourth-order valence-corrected chi connectivity index (χ4v) is 1.32. The van der Waals surface area contributed by atoms with E-state index in [-0.39, 0.29) is 0 Å². The van der Waals surface area contributed by atoms with Gasteiger partial charge >= 0.3 is 11.9 Å². The molecule has 0 aromatic heterocycles. The Kier molecular flexibility index (Phi) is 3.82. The maximum absolute atomic E-state index is 10.4. The molecule has 0 bridgehead atoms. The smallest absolute Gasteiger partial charge is 0.324 e. The molecular formula is C5H8O7S. The van der Waals surface area contributed by atoms with Gasteiger partial charge in [0.2, 0.25) is 0 Å². The molecule has 0 aliphatic rings. The summed E-state index contributed by atoms with van der Waals surface area (Å²) in [5.74, 6) is -3.08. The first-order valence-corrected chi connectivity index (χ1v) is 4.66. The van der Waals surface area contributed by atoms with Crippen molar-refractivity contribution in [2.45, 2.75) is 18.1 Å². The number of carboxylic acids is 2. The van der Waals surface area contributed by atoms with E-state index >= 15 is 0 Å². The Labute approximate surface area is 73.7 Å². The van der Waals surface area contributed by atoms with Crippen LogP contribution in [0.4, 0.5) is 0 Å². The van der Waals surface area contributed by atoms with Gasteiger partial charge in [-0.3, -0.25) is 14.1 Å². The molecule has 8 heteroatoms. The lowest BCUT2D eigenvalue weighted by molar-refractivity contribution is -0.138. The van der Waals surface area contributed by atoms with E-state index in [9.17, 15) is 18.0 Å². The Morgan fingerprint density at radius 2 is 1.69 bits per heavy atom. The lowest BCUT2D eigenvalue weighted by Crippen LogP contribution is -2.30. The van der Waals surface area contributed by atoms with Crippen molar-refractivity contribution < 1.29 is 32.8 Å². The van der Waals surface area contributed by atoms with Gasteiger partial charge in [0.05, 0.1) is 0 Å². The van der Waals surface area contributed by atoms with Gasteiger partial charge in [-0.2, -0.15) is 8.42 Å². The molecule has 1 unspecified atom stereocenters. The lowest BCUT2D eigenvalue weighted by Gasteiger charge is -2.06. The summed E-state index contributed by atoms with van der Waals surface area (Å²) in [6.07, 6.45) is -1.28. The third kappa shape index (κ3) is 4.43. The third-order valence-electron chi connectivity index (χ3n) is 1.26. The molecule has 0 aromatic rings. The Morgan fingerprint density at radius 1 is 1.23 bits per heavy atom. The molecule has 0 heterocycles. The molecule has 0 spiro atoms. The average molecular weight is 212 g/mol. The van der Waals surface area contributed by atoms with Crippen molar-refractivity contribution in [3.05, 3.63) is 0 Å². The Balaban J connectivity index is 4.47. The number of carboxylic acid groups (broad SMARTS) is 2. The lowest BCUT2D eigenvalue weighted by atomic mass is 10.2. The van der Waals surface area contributed by atoms with E-state index in [2.05, 4.69) is 0 Å². The predicted octanol–water partition coefficient (Wildman–Crippen LogP) is -0.808. The Hall–Kier alpha value is -1.15. The predicted molar refractivity (Wildman–Crippen MR) is 39.8 cm³/mol. The van der Waals surface area contributed by atoms with Gasteiger partial charge in [-0.05, 0) is 6.42 Å². The van der Waals surface area contributed by atoms with Crippen LogP contribution in [0, 0.1) is 0 Å². The second kappa shape index (κ2) is 4.19. The average Bonchev–Trinajstić information content (AvgIpc) is 1.81. The number of aliphatic carboxylic acids is 2. The van der Waals surface area contributed by atoms with Crippen LogP contribution in [-0.4, -0.2) is 40.4 Å². The molecule has 0 saturated carbocycles. The van der Waals surface area contributed by atoms with Crippen LogP contribution in [0.1, 0.15) is 12.8 Å². The van der Waals surface area contributed by atoms with Crippen molar-refractivity contribution >= 4 is 22.1 Å². The van der Waals surface area contributed by atoms with Crippen LogP contribution in [0.3, 0.4) is 0 Å². The van der Waals surface area contributed by atoms with Crippen LogP contribution in [0.2, 0.25) is 0 Å². The van der Waals surface area contributed by atoms with Crippen LogP contribution >= 0.6 is 0 Å². The normalized spacial score (nSPS) is 13.6. The number of carbonyl (C=O) groups is 2. The molecule has 0 aromatic carbocycles. The van der Waals surface area contributed by atoms with E-state index in [0.29, 0.717) is 0 Å². The number of rotatable bonds is 5. The van der Waals surface area contributed by atoms with Gasteiger partial charge < -0.3 is 10.2 Å². The fraction of sp³-hybridized carbons (Fsp3) is 0.600. The molecule has 76 valence electrons. The fourth-order valence-electron chi connectivity index (χ4n) is 0.654. The van der Waals surface area contributed by atoms with E-state index in [4.69, 9.17) is 14.8 Å². The highest BCUT2D eigenvalue weighted by Crippen LogP contribution is 2.07. The standard InChI is InChI=1S/C5H8O7S/c6-4(7)2-1-3(5(8)9)13(10,11)12/h3H,1-2H2,(H,6,7)(H,8,9)(H,10,11,12). The molecule has 0 saturated heterocycles. The van der Waals surface area contributed by atoms with Gasteiger partial charge in [0.25, 0.3) is 10.1 Å². The van der Waals surface area contributed by atoms with E-state index in [1.54, 1.807) is 0 Å². The summed E-state index contributed by atoms with van der Waals surface area (Å²) in [6.45, 7) is 0. The highest BCUT2D eigenvalue weighted by atomic mass is 32.2. The monoisotopic (exact) mass is 212 g/mol. The zero-order valence-corrected chi connectivity index (χ0v) is 7.19. The molecular weight excluding hydrogens is 204 g/mol. The first kappa shape index (κ1) is 11.8. The summed E-state index contributed by atoms with van der Waals surface area (Å²) < 4.78 is 29.1. The molecule has 3 N–H and O–H groups in total. The van der Waals surface area contributed by atoms with Gasteiger partial charge in [-0.15, -0.1) is 0 Å². The van der Waals surface area contributed by atoms with Crippen molar-refractivity contribution in [3.8, 4) is 0 Å².